The number of benzene rings is 2. The molecule has 0 bridgehead atoms. The van der Waals surface area contributed by atoms with Crippen molar-refractivity contribution < 1.29 is 0 Å². The number of anilines is 1. The van der Waals surface area contributed by atoms with E-state index in [1.165, 1.54) is 21.4 Å². The van der Waals surface area contributed by atoms with Crippen LogP contribution in [0.5, 0.6) is 0 Å². The van der Waals surface area contributed by atoms with E-state index in [4.69, 9.17) is 4.98 Å². The first-order valence-electron chi connectivity index (χ1n) is 6.94. The Balaban J connectivity index is 1.82. The molecule has 1 heterocycles. The fraction of sp³-hybridized carbons (Fsp3) is 0.235. The fourth-order valence-electron chi connectivity index (χ4n) is 2.41. The van der Waals surface area contributed by atoms with Gasteiger partial charge in [-0.25, -0.2) is 4.98 Å². The molecule has 0 aliphatic rings. The van der Waals surface area contributed by atoms with E-state index in [2.05, 4.69) is 61.6 Å². The lowest BCUT2D eigenvalue weighted by molar-refractivity contribution is 1.04. The van der Waals surface area contributed by atoms with Gasteiger partial charge in [0, 0.05) is 6.54 Å². The molecule has 0 saturated carbocycles. The SMILES string of the molecule is CCc1ccccc1CNc1nc2c(C)cccc2s1. The summed E-state index contributed by atoms with van der Waals surface area (Å²) in [7, 11) is 0. The van der Waals surface area contributed by atoms with E-state index in [0.29, 0.717) is 0 Å². The quantitative estimate of drug-likeness (QED) is 0.745. The summed E-state index contributed by atoms with van der Waals surface area (Å²) >= 11 is 1.72. The van der Waals surface area contributed by atoms with Crippen molar-refractivity contribution in [3.05, 3.63) is 59.2 Å². The van der Waals surface area contributed by atoms with Gasteiger partial charge in [-0.1, -0.05) is 54.7 Å². The summed E-state index contributed by atoms with van der Waals surface area (Å²) in [6.45, 7) is 5.14. The van der Waals surface area contributed by atoms with E-state index < -0.39 is 0 Å². The number of para-hydroxylation sites is 1. The zero-order chi connectivity index (χ0) is 13.9. The molecule has 3 aromatic rings. The van der Waals surface area contributed by atoms with Crippen LogP contribution in [0, 0.1) is 6.92 Å². The lowest BCUT2D eigenvalue weighted by Gasteiger charge is -2.07. The number of hydrogen-bond acceptors (Lipinski definition) is 3. The molecule has 0 amide bonds. The maximum atomic E-state index is 4.69. The lowest BCUT2D eigenvalue weighted by Crippen LogP contribution is -2.01. The molecule has 3 rings (SSSR count). The summed E-state index contributed by atoms with van der Waals surface area (Å²) in [6, 6.07) is 14.9. The molecule has 0 spiro atoms. The zero-order valence-electron chi connectivity index (χ0n) is 11.8. The minimum atomic E-state index is 0.836. The average molecular weight is 282 g/mol. The molecule has 0 saturated heterocycles. The van der Waals surface area contributed by atoms with Gasteiger partial charge in [-0.15, -0.1) is 0 Å². The molecule has 0 fully saturated rings. The highest BCUT2D eigenvalue weighted by atomic mass is 32.1. The minimum absolute atomic E-state index is 0.836. The van der Waals surface area contributed by atoms with Crippen molar-refractivity contribution in [3.63, 3.8) is 0 Å². The number of nitrogens with one attached hydrogen (secondary N) is 1. The van der Waals surface area contributed by atoms with Crippen LogP contribution in [0.4, 0.5) is 5.13 Å². The first kappa shape index (κ1) is 13.1. The lowest BCUT2D eigenvalue weighted by atomic mass is 10.1. The first-order valence-corrected chi connectivity index (χ1v) is 7.76. The summed E-state index contributed by atoms with van der Waals surface area (Å²) in [6.07, 6.45) is 1.07. The summed E-state index contributed by atoms with van der Waals surface area (Å²) < 4.78 is 1.25. The van der Waals surface area contributed by atoms with Gasteiger partial charge >= 0.3 is 0 Å². The van der Waals surface area contributed by atoms with Gasteiger partial charge in [0.1, 0.15) is 0 Å². The Labute approximate surface area is 123 Å². The predicted octanol–water partition coefficient (Wildman–Crippen LogP) is 4.78. The molecule has 1 aromatic heterocycles. The van der Waals surface area contributed by atoms with Crippen LogP contribution in [0.25, 0.3) is 10.2 Å². The van der Waals surface area contributed by atoms with Crippen molar-refractivity contribution in [2.45, 2.75) is 26.8 Å². The molecule has 0 unspecified atom stereocenters. The summed E-state index contributed by atoms with van der Waals surface area (Å²) in [5.74, 6) is 0. The van der Waals surface area contributed by atoms with Gasteiger partial charge in [-0.2, -0.15) is 0 Å². The van der Waals surface area contributed by atoms with Crippen LogP contribution in [0.3, 0.4) is 0 Å². The second-order valence-corrected chi connectivity index (χ2v) is 5.95. The molecule has 1 N–H and O–H groups in total. The topological polar surface area (TPSA) is 24.9 Å². The highest BCUT2D eigenvalue weighted by Gasteiger charge is 2.06. The Morgan fingerprint density at radius 1 is 1.05 bits per heavy atom. The fourth-order valence-corrected chi connectivity index (χ4v) is 3.35. The smallest absolute Gasteiger partial charge is 0.184 e. The monoisotopic (exact) mass is 282 g/mol. The molecule has 102 valence electrons. The Bertz CT molecular complexity index is 731. The van der Waals surface area contributed by atoms with E-state index in [9.17, 15) is 0 Å². The van der Waals surface area contributed by atoms with Crippen molar-refractivity contribution >= 4 is 26.7 Å². The van der Waals surface area contributed by atoms with E-state index in [0.717, 1.165) is 23.6 Å². The van der Waals surface area contributed by atoms with Crippen molar-refractivity contribution in [2.75, 3.05) is 5.32 Å². The van der Waals surface area contributed by atoms with E-state index >= 15 is 0 Å². The Kier molecular flexibility index (Phi) is 3.70. The maximum Gasteiger partial charge on any atom is 0.184 e. The van der Waals surface area contributed by atoms with Crippen molar-refractivity contribution in [1.29, 1.82) is 0 Å². The Morgan fingerprint density at radius 2 is 1.85 bits per heavy atom. The molecular weight excluding hydrogens is 264 g/mol. The van der Waals surface area contributed by atoms with Crippen LogP contribution in [-0.2, 0) is 13.0 Å². The third-order valence-corrected chi connectivity index (χ3v) is 4.53. The van der Waals surface area contributed by atoms with Gasteiger partial charge in [0.05, 0.1) is 10.2 Å². The van der Waals surface area contributed by atoms with Crippen LogP contribution in [0.15, 0.2) is 42.5 Å². The second kappa shape index (κ2) is 5.63. The number of hydrogen-bond donors (Lipinski definition) is 1. The molecule has 0 radical (unpaired) electrons. The molecule has 2 nitrogen and oxygen atoms in total. The Hall–Kier alpha value is -1.87. The standard InChI is InChI=1S/C17H18N2S/c1-3-13-8-4-5-9-14(13)11-18-17-19-16-12(2)7-6-10-15(16)20-17/h4-10H,3,11H2,1-2H3,(H,18,19). The summed E-state index contributed by atoms with van der Waals surface area (Å²) in [5, 5.41) is 4.46. The third kappa shape index (κ3) is 2.54. The van der Waals surface area contributed by atoms with Crippen molar-refractivity contribution in [1.82, 2.24) is 4.98 Å². The Morgan fingerprint density at radius 3 is 2.60 bits per heavy atom. The molecule has 20 heavy (non-hydrogen) atoms. The van der Waals surface area contributed by atoms with Crippen molar-refractivity contribution in [2.24, 2.45) is 0 Å². The molecule has 2 aromatic carbocycles. The normalized spacial score (nSPS) is 10.9. The predicted molar refractivity (Wildman–Crippen MR) is 87.5 cm³/mol. The third-order valence-electron chi connectivity index (χ3n) is 3.55. The van der Waals surface area contributed by atoms with Gasteiger partial charge in [0.2, 0.25) is 0 Å². The van der Waals surface area contributed by atoms with Crippen LogP contribution in [-0.4, -0.2) is 4.98 Å². The summed E-state index contributed by atoms with van der Waals surface area (Å²) in [5.41, 5.74) is 5.10. The number of fused-ring (bicyclic) bond motifs is 1. The highest BCUT2D eigenvalue weighted by Crippen LogP contribution is 2.28. The molecular formula is C17H18N2S. The molecule has 0 atom stereocenters. The second-order valence-electron chi connectivity index (χ2n) is 4.92. The number of aryl methyl sites for hydroxylation is 2. The van der Waals surface area contributed by atoms with Gasteiger partial charge in [-0.3, -0.25) is 0 Å². The van der Waals surface area contributed by atoms with Gasteiger partial charge in [0.15, 0.2) is 5.13 Å². The van der Waals surface area contributed by atoms with Crippen LogP contribution in [0.1, 0.15) is 23.6 Å². The number of nitrogens with zero attached hydrogens (tertiary/aromatic N) is 1. The van der Waals surface area contributed by atoms with Crippen LogP contribution in [0.2, 0.25) is 0 Å². The van der Waals surface area contributed by atoms with Crippen LogP contribution < -0.4 is 5.32 Å². The molecule has 0 aliphatic heterocycles. The van der Waals surface area contributed by atoms with Crippen LogP contribution >= 0.6 is 11.3 Å². The van der Waals surface area contributed by atoms with E-state index in [1.54, 1.807) is 11.3 Å². The highest BCUT2D eigenvalue weighted by molar-refractivity contribution is 7.22. The minimum Gasteiger partial charge on any atom is -0.357 e. The number of rotatable bonds is 4. The molecule has 3 heteroatoms. The first-order chi connectivity index (χ1) is 9.78. The number of thiazole rings is 1. The average Bonchev–Trinajstić information content (AvgIpc) is 2.90. The van der Waals surface area contributed by atoms with Crippen molar-refractivity contribution in [3.8, 4) is 0 Å². The number of aromatic nitrogens is 1. The van der Waals surface area contributed by atoms with E-state index in [-0.39, 0.29) is 0 Å². The summed E-state index contributed by atoms with van der Waals surface area (Å²) in [4.78, 5) is 4.69. The zero-order valence-corrected chi connectivity index (χ0v) is 12.6. The van der Waals surface area contributed by atoms with Gasteiger partial charge in [-0.05, 0) is 36.1 Å². The van der Waals surface area contributed by atoms with Gasteiger partial charge in [0.25, 0.3) is 0 Å². The molecule has 0 aliphatic carbocycles. The largest absolute Gasteiger partial charge is 0.357 e. The van der Waals surface area contributed by atoms with E-state index in [1.807, 2.05) is 0 Å². The maximum absolute atomic E-state index is 4.69. The van der Waals surface area contributed by atoms with Gasteiger partial charge < -0.3 is 5.32 Å².